The van der Waals surface area contributed by atoms with Gasteiger partial charge in [-0.05, 0) is 38.1 Å². The summed E-state index contributed by atoms with van der Waals surface area (Å²) in [5, 5.41) is 11.1. The van der Waals surface area contributed by atoms with Crippen molar-refractivity contribution in [3.63, 3.8) is 0 Å². The SMILES string of the molecule is CC1=C(C)C[C@@H](C(=O)O)[C@@H](C(=O)NNC(=O)c2cccs2)C1. The number of carboxylic acids is 1. The molecular weight excluding hydrogens is 304 g/mol. The molecule has 0 unspecified atom stereocenters. The van der Waals surface area contributed by atoms with E-state index in [1.807, 2.05) is 13.8 Å². The van der Waals surface area contributed by atoms with Crippen LogP contribution in [0.3, 0.4) is 0 Å². The van der Waals surface area contributed by atoms with Crippen molar-refractivity contribution in [3.05, 3.63) is 33.5 Å². The second-order valence-corrected chi connectivity index (χ2v) is 6.39. The van der Waals surface area contributed by atoms with E-state index < -0.39 is 29.6 Å². The van der Waals surface area contributed by atoms with Crippen molar-refractivity contribution in [2.24, 2.45) is 11.8 Å². The molecule has 0 aliphatic heterocycles. The van der Waals surface area contributed by atoms with Gasteiger partial charge in [0, 0.05) is 0 Å². The van der Waals surface area contributed by atoms with E-state index in [0.29, 0.717) is 17.7 Å². The molecule has 0 spiro atoms. The normalized spacial score (nSPS) is 21.4. The zero-order chi connectivity index (χ0) is 16.3. The maximum Gasteiger partial charge on any atom is 0.307 e. The van der Waals surface area contributed by atoms with Gasteiger partial charge < -0.3 is 5.11 Å². The van der Waals surface area contributed by atoms with E-state index in [1.165, 1.54) is 11.3 Å². The second-order valence-electron chi connectivity index (χ2n) is 5.44. The van der Waals surface area contributed by atoms with Gasteiger partial charge in [-0.2, -0.15) is 0 Å². The zero-order valence-corrected chi connectivity index (χ0v) is 13.2. The molecule has 0 radical (unpaired) electrons. The van der Waals surface area contributed by atoms with Crippen molar-refractivity contribution in [2.75, 3.05) is 0 Å². The molecule has 0 fully saturated rings. The lowest BCUT2D eigenvalue weighted by atomic mass is 9.76. The molecule has 7 heteroatoms. The molecule has 1 aromatic rings. The average Bonchev–Trinajstić information content (AvgIpc) is 3.00. The Hall–Kier alpha value is -2.15. The minimum absolute atomic E-state index is 0.359. The highest BCUT2D eigenvalue weighted by Gasteiger charge is 2.37. The van der Waals surface area contributed by atoms with E-state index in [1.54, 1.807) is 17.5 Å². The third kappa shape index (κ3) is 3.54. The van der Waals surface area contributed by atoms with E-state index in [-0.39, 0.29) is 0 Å². The third-order valence-electron chi connectivity index (χ3n) is 3.96. The number of hydrogen-bond acceptors (Lipinski definition) is 4. The van der Waals surface area contributed by atoms with Gasteiger partial charge in [-0.3, -0.25) is 25.2 Å². The number of carboxylic acid groups (broad SMARTS) is 1. The molecule has 1 aliphatic carbocycles. The zero-order valence-electron chi connectivity index (χ0n) is 12.4. The minimum Gasteiger partial charge on any atom is -0.481 e. The molecule has 22 heavy (non-hydrogen) atoms. The number of nitrogens with one attached hydrogen (secondary N) is 2. The number of amides is 2. The summed E-state index contributed by atoms with van der Waals surface area (Å²) in [5.74, 6) is -3.30. The van der Waals surface area contributed by atoms with Gasteiger partial charge in [-0.1, -0.05) is 17.2 Å². The Morgan fingerprint density at radius 1 is 1.14 bits per heavy atom. The van der Waals surface area contributed by atoms with Crippen LogP contribution in [-0.2, 0) is 9.59 Å². The molecule has 0 saturated carbocycles. The van der Waals surface area contributed by atoms with Crippen LogP contribution in [0.4, 0.5) is 0 Å². The first-order valence-electron chi connectivity index (χ1n) is 6.92. The monoisotopic (exact) mass is 322 g/mol. The quantitative estimate of drug-likeness (QED) is 0.585. The summed E-state index contributed by atoms with van der Waals surface area (Å²) >= 11 is 1.26. The maximum atomic E-state index is 12.2. The molecule has 2 amide bonds. The minimum atomic E-state index is -0.989. The number of hydrazine groups is 1. The van der Waals surface area contributed by atoms with Crippen molar-refractivity contribution < 1.29 is 19.5 Å². The lowest BCUT2D eigenvalue weighted by Gasteiger charge is -2.29. The van der Waals surface area contributed by atoms with Gasteiger partial charge in [0.15, 0.2) is 0 Å². The first kappa shape index (κ1) is 16.2. The second kappa shape index (κ2) is 6.74. The molecule has 0 aromatic carbocycles. The van der Waals surface area contributed by atoms with Crippen LogP contribution in [0, 0.1) is 11.8 Å². The van der Waals surface area contributed by atoms with Gasteiger partial charge in [0.2, 0.25) is 5.91 Å². The van der Waals surface area contributed by atoms with Crippen LogP contribution in [0.25, 0.3) is 0 Å². The fraction of sp³-hybridized carbons (Fsp3) is 0.400. The van der Waals surface area contributed by atoms with Crippen molar-refractivity contribution >= 4 is 29.1 Å². The summed E-state index contributed by atoms with van der Waals surface area (Å²) < 4.78 is 0. The van der Waals surface area contributed by atoms with Gasteiger partial charge in [0.25, 0.3) is 5.91 Å². The Labute approximate surface area is 132 Å². The molecule has 2 rings (SSSR count). The molecule has 0 bridgehead atoms. The van der Waals surface area contributed by atoms with Crippen molar-refractivity contribution in [2.45, 2.75) is 26.7 Å². The summed E-state index contributed by atoms with van der Waals surface area (Å²) in [6.07, 6.45) is 0.752. The van der Waals surface area contributed by atoms with Crippen molar-refractivity contribution in [3.8, 4) is 0 Å². The van der Waals surface area contributed by atoms with Crippen LogP contribution in [0.15, 0.2) is 28.7 Å². The molecule has 2 atom stereocenters. The van der Waals surface area contributed by atoms with E-state index in [0.717, 1.165) is 11.1 Å². The average molecular weight is 322 g/mol. The summed E-state index contributed by atoms with van der Waals surface area (Å²) in [4.78, 5) is 35.9. The van der Waals surface area contributed by atoms with E-state index >= 15 is 0 Å². The van der Waals surface area contributed by atoms with Gasteiger partial charge in [0.1, 0.15) is 0 Å². The number of allylic oxidation sites excluding steroid dienone is 2. The predicted octanol–water partition coefficient (Wildman–Crippen LogP) is 1.96. The number of carbonyl (C=O) groups is 3. The topological polar surface area (TPSA) is 95.5 Å². The van der Waals surface area contributed by atoms with Gasteiger partial charge in [0.05, 0.1) is 16.7 Å². The van der Waals surface area contributed by atoms with Gasteiger partial charge >= 0.3 is 5.97 Å². The Bertz CT molecular complexity index is 621. The first-order chi connectivity index (χ1) is 10.4. The van der Waals surface area contributed by atoms with E-state index in [4.69, 9.17) is 0 Å². The first-order valence-corrected chi connectivity index (χ1v) is 7.80. The van der Waals surface area contributed by atoms with Crippen LogP contribution < -0.4 is 10.9 Å². The van der Waals surface area contributed by atoms with Crippen LogP contribution in [0.2, 0.25) is 0 Å². The van der Waals surface area contributed by atoms with E-state index in [2.05, 4.69) is 10.9 Å². The fourth-order valence-corrected chi connectivity index (χ4v) is 3.13. The predicted molar refractivity (Wildman–Crippen MR) is 82.2 cm³/mol. The van der Waals surface area contributed by atoms with Crippen LogP contribution in [0.1, 0.15) is 36.4 Å². The van der Waals surface area contributed by atoms with E-state index in [9.17, 15) is 19.5 Å². The Kier molecular flexibility index (Phi) is 4.97. The van der Waals surface area contributed by atoms with Crippen LogP contribution in [0.5, 0.6) is 0 Å². The standard InChI is InChI=1S/C15H18N2O4S/c1-8-6-10(11(15(20)21)7-9(8)2)13(18)16-17-14(19)12-4-3-5-22-12/h3-5,10-11H,6-7H2,1-2H3,(H,16,18)(H,17,19)(H,20,21)/t10-,11+/m0/s1. The molecule has 1 aliphatic rings. The fourth-order valence-electron chi connectivity index (χ4n) is 2.51. The van der Waals surface area contributed by atoms with Crippen molar-refractivity contribution in [1.29, 1.82) is 0 Å². The molecule has 118 valence electrons. The van der Waals surface area contributed by atoms with Crippen LogP contribution in [-0.4, -0.2) is 22.9 Å². The van der Waals surface area contributed by atoms with Gasteiger partial charge in [-0.25, -0.2) is 0 Å². The largest absolute Gasteiger partial charge is 0.481 e. The molecule has 3 N–H and O–H groups in total. The lowest BCUT2D eigenvalue weighted by Crippen LogP contribution is -2.47. The molecule has 1 aromatic heterocycles. The molecule has 1 heterocycles. The summed E-state index contributed by atoms with van der Waals surface area (Å²) in [5.41, 5.74) is 6.72. The molecule has 6 nitrogen and oxygen atoms in total. The van der Waals surface area contributed by atoms with Crippen LogP contribution >= 0.6 is 11.3 Å². The molecule has 0 saturated heterocycles. The molecular formula is C15H18N2O4S. The van der Waals surface area contributed by atoms with Crippen molar-refractivity contribution in [1.82, 2.24) is 10.9 Å². The highest BCUT2D eigenvalue weighted by Crippen LogP contribution is 2.34. The maximum absolute atomic E-state index is 12.2. The lowest BCUT2D eigenvalue weighted by molar-refractivity contribution is -0.147. The summed E-state index contributed by atoms with van der Waals surface area (Å²) in [7, 11) is 0. The van der Waals surface area contributed by atoms with Gasteiger partial charge in [-0.15, -0.1) is 11.3 Å². The smallest absolute Gasteiger partial charge is 0.307 e. The highest BCUT2D eigenvalue weighted by molar-refractivity contribution is 7.12. The Balaban J connectivity index is 2.01. The Morgan fingerprint density at radius 3 is 2.32 bits per heavy atom. The Morgan fingerprint density at radius 2 is 1.77 bits per heavy atom. The number of aliphatic carboxylic acids is 1. The summed E-state index contributed by atoms with van der Waals surface area (Å²) in [6, 6.07) is 3.38. The number of carbonyl (C=O) groups excluding carboxylic acids is 2. The number of hydrogen-bond donors (Lipinski definition) is 3. The summed E-state index contributed by atoms with van der Waals surface area (Å²) in [6.45, 7) is 3.79. The number of thiophene rings is 1. The highest BCUT2D eigenvalue weighted by atomic mass is 32.1. The third-order valence-corrected chi connectivity index (χ3v) is 4.83. The number of rotatable bonds is 3.